The Morgan fingerprint density at radius 3 is 2.47 bits per heavy atom. The molecule has 0 heterocycles. The summed E-state index contributed by atoms with van der Waals surface area (Å²) in [5, 5.41) is 2.89. The first kappa shape index (κ1) is 16.3. The Morgan fingerprint density at radius 1 is 1.47 bits per heavy atom. The molecule has 0 aromatic heterocycles. The van der Waals surface area contributed by atoms with Crippen LogP contribution < -0.4 is 11.1 Å². The van der Waals surface area contributed by atoms with Gasteiger partial charge in [-0.05, 0) is 27.3 Å². The molecule has 3 N–H and O–H groups in total. The Bertz CT molecular complexity index is 256. The van der Waals surface area contributed by atoms with Crippen LogP contribution in [0.5, 0.6) is 0 Å². The topological polar surface area (TPSA) is 58.4 Å². The van der Waals surface area contributed by atoms with Crippen LogP contribution in [0.25, 0.3) is 0 Å². The zero-order valence-electron chi connectivity index (χ0n) is 11.3. The lowest BCUT2D eigenvalue weighted by atomic mass is 10.0. The number of amides is 1. The summed E-state index contributed by atoms with van der Waals surface area (Å²) in [4.78, 5) is 14.3. The largest absolute Gasteiger partial charge is 0.393 e. The lowest BCUT2D eigenvalue weighted by Crippen LogP contribution is -2.41. The Labute approximate surface area is 110 Å². The first-order chi connectivity index (χ1) is 7.90. The van der Waals surface area contributed by atoms with Gasteiger partial charge in [0.05, 0.1) is 10.9 Å². The molecule has 5 heteroatoms. The van der Waals surface area contributed by atoms with Crippen molar-refractivity contribution >= 4 is 23.1 Å². The van der Waals surface area contributed by atoms with Crippen molar-refractivity contribution < 1.29 is 4.79 Å². The van der Waals surface area contributed by atoms with Crippen molar-refractivity contribution in [2.75, 3.05) is 20.1 Å². The number of likely N-dealkylation sites (N-methyl/N-ethyl adjacent to an activating group) is 1. The van der Waals surface area contributed by atoms with Crippen LogP contribution in [0.3, 0.4) is 0 Å². The predicted molar refractivity (Wildman–Crippen MR) is 76.0 cm³/mol. The van der Waals surface area contributed by atoms with E-state index in [4.69, 9.17) is 18.0 Å². The summed E-state index contributed by atoms with van der Waals surface area (Å²) in [5.74, 6) is -0.365. The van der Waals surface area contributed by atoms with E-state index >= 15 is 0 Å². The van der Waals surface area contributed by atoms with Gasteiger partial charge in [0, 0.05) is 19.1 Å². The number of nitrogens with two attached hydrogens (primary N) is 1. The zero-order valence-corrected chi connectivity index (χ0v) is 12.1. The number of nitrogens with zero attached hydrogens (tertiary/aromatic N) is 1. The fourth-order valence-corrected chi connectivity index (χ4v) is 1.65. The number of carbonyl (C=O) groups excluding carboxylic acids is 1. The molecule has 0 saturated carbocycles. The van der Waals surface area contributed by atoms with Gasteiger partial charge in [0.15, 0.2) is 0 Å². The third kappa shape index (κ3) is 6.58. The maximum atomic E-state index is 11.8. The summed E-state index contributed by atoms with van der Waals surface area (Å²) in [6.45, 7) is 7.73. The second-order valence-corrected chi connectivity index (χ2v) is 5.08. The van der Waals surface area contributed by atoms with Gasteiger partial charge in [0.2, 0.25) is 5.91 Å². The highest BCUT2D eigenvalue weighted by Crippen LogP contribution is 2.06. The molecule has 1 amide bonds. The van der Waals surface area contributed by atoms with Gasteiger partial charge in [-0.3, -0.25) is 4.79 Å². The predicted octanol–water partition coefficient (Wildman–Crippen LogP) is 1.15. The second-order valence-electron chi connectivity index (χ2n) is 4.61. The lowest BCUT2D eigenvalue weighted by Gasteiger charge is -2.22. The highest BCUT2D eigenvalue weighted by atomic mass is 32.1. The van der Waals surface area contributed by atoms with Crippen LogP contribution >= 0.6 is 12.2 Å². The molecule has 0 saturated heterocycles. The van der Waals surface area contributed by atoms with E-state index in [1.807, 2.05) is 14.0 Å². The molecule has 100 valence electrons. The number of carbonyl (C=O) groups is 1. The minimum absolute atomic E-state index is 0.0449. The third-order valence-corrected chi connectivity index (χ3v) is 3.17. The van der Waals surface area contributed by atoms with Crippen molar-refractivity contribution in [1.82, 2.24) is 10.2 Å². The van der Waals surface area contributed by atoms with Crippen molar-refractivity contribution in [1.29, 1.82) is 0 Å². The van der Waals surface area contributed by atoms with Crippen LogP contribution in [-0.4, -0.2) is 42.0 Å². The van der Waals surface area contributed by atoms with Gasteiger partial charge in [0.1, 0.15) is 0 Å². The molecule has 0 bridgehead atoms. The first-order valence-corrected chi connectivity index (χ1v) is 6.58. The Balaban J connectivity index is 4.02. The lowest BCUT2D eigenvalue weighted by molar-refractivity contribution is -0.123. The van der Waals surface area contributed by atoms with Crippen molar-refractivity contribution in [3.8, 4) is 0 Å². The van der Waals surface area contributed by atoms with Crippen LogP contribution in [0.15, 0.2) is 0 Å². The van der Waals surface area contributed by atoms with E-state index in [0.29, 0.717) is 17.6 Å². The number of rotatable bonds is 8. The van der Waals surface area contributed by atoms with Crippen molar-refractivity contribution in [3.05, 3.63) is 0 Å². The van der Waals surface area contributed by atoms with E-state index in [9.17, 15) is 4.79 Å². The number of nitrogens with one attached hydrogen (secondary N) is 1. The molecule has 1 atom stereocenters. The highest BCUT2D eigenvalue weighted by Gasteiger charge is 2.19. The molecule has 0 spiro atoms. The molecule has 0 aliphatic rings. The van der Waals surface area contributed by atoms with E-state index < -0.39 is 0 Å². The quantitative estimate of drug-likeness (QED) is 0.642. The molecule has 0 aromatic rings. The van der Waals surface area contributed by atoms with Gasteiger partial charge >= 0.3 is 0 Å². The minimum atomic E-state index is -0.320. The van der Waals surface area contributed by atoms with Crippen LogP contribution in [-0.2, 0) is 4.79 Å². The van der Waals surface area contributed by atoms with Crippen LogP contribution in [0.1, 0.15) is 33.6 Å². The summed E-state index contributed by atoms with van der Waals surface area (Å²) >= 11 is 4.91. The molecule has 0 fully saturated rings. The van der Waals surface area contributed by atoms with E-state index in [0.717, 1.165) is 19.4 Å². The Hall–Kier alpha value is -0.680. The fraction of sp³-hybridized carbons (Fsp3) is 0.833. The van der Waals surface area contributed by atoms with Crippen molar-refractivity contribution in [2.24, 2.45) is 11.7 Å². The van der Waals surface area contributed by atoms with Crippen molar-refractivity contribution in [3.63, 3.8) is 0 Å². The van der Waals surface area contributed by atoms with Crippen LogP contribution in [0.2, 0.25) is 0 Å². The number of hydrogen-bond acceptors (Lipinski definition) is 3. The average Bonchev–Trinajstić information content (AvgIpc) is 2.24. The molecule has 1 unspecified atom stereocenters. The number of hydrogen-bond donors (Lipinski definition) is 2. The monoisotopic (exact) mass is 259 g/mol. The van der Waals surface area contributed by atoms with E-state index in [-0.39, 0.29) is 11.8 Å². The Morgan fingerprint density at radius 2 is 2.06 bits per heavy atom. The van der Waals surface area contributed by atoms with E-state index in [1.165, 1.54) is 0 Å². The van der Waals surface area contributed by atoms with Gasteiger partial charge in [-0.1, -0.05) is 25.6 Å². The normalized spacial score (nSPS) is 12.8. The van der Waals surface area contributed by atoms with Gasteiger partial charge in [-0.25, -0.2) is 0 Å². The zero-order chi connectivity index (χ0) is 13.4. The summed E-state index contributed by atoms with van der Waals surface area (Å²) in [6, 6.07) is 0.480. The summed E-state index contributed by atoms with van der Waals surface area (Å²) in [6.07, 6.45) is 1.63. The van der Waals surface area contributed by atoms with Gasteiger partial charge < -0.3 is 16.0 Å². The van der Waals surface area contributed by atoms with E-state index in [1.54, 1.807) is 0 Å². The number of thiocarbonyl (C=S) groups is 1. The molecule has 0 aromatic carbocycles. The third-order valence-electron chi connectivity index (χ3n) is 2.88. The maximum Gasteiger partial charge on any atom is 0.229 e. The van der Waals surface area contributed by atoms with Crippen LogP contribution in [0.4, 0.5) is 0 Å². The smallest absolute Gasteiger partial charge is 0.229 e. The second kappa shape index (κ2) is 8.42. The molecule has 17 heavy (non-hydrogen) atoms. The molecular weight excluding hydrogens is 234 g/mol. The maximum absolute atomic E-state index is 11.8. The minimum Gasteiger partial charge on any atom is -0.393 e. The van der Waals surface area contributed by atoms with Crippen LogP contribution in [0, 0.1) is 5.92 Å². The molecule has 4 nitrogen and oxygen atoms in total. The van der Waals surface area contributed by atoms with Gasteiger partial charge in [0.25, 0.3) is 0 Å². The molecule has 0 rings (SSSR count). The van der Waals surface area contributed by atoms with E-state index in [2.05, 4.69) is 24.1 Å². The summed E-state index contributed by atoms with van der Waals surface area (Å²) in [7, 11) is 2.04. The summed E-state index contributed by atoms with van der Waals surface area (Å²) < 4.78 is 0. The molecular formula is C12H25N3OS. The standard InChI is InChI=1S/C12H25N3OS/c1-5-6-10(11(13)17)12(16)14-7-8-15(4)9(2)3/h9-10H,5-8H2,1-4H3,(H2,13,17)(H,14,16). The highest BCUT2D eigenvalue weighted by molar-refractivity contribution is 7.80. The van der Waals surface area contributed by atoms with Gasteiger partial charge in [-0.2, -0.15) is 0 Å². The Kier molecular flexibility index (Phi) is 8.08. The molecule has 0 radical (unpaired) electrons. The average molecular weight is 259 g/mol. The summed E-state index contributed by atoms with van der Waals surface area (Å²) in [5.41, 5.74) is 5.56. The molecule has 0 aliphatic heterocycles. The first-order valence-electron chi connectivity index (χ1n) is 6.17. The fourth-order valence-electron chi connectivity index (χ4n) is 1.43. The van der Waals surface area contributed by atoms with Crippen molar-refractivity contribution in [2.45, 2.75) is 39.7 Å². The molecule has 0 aliphatic carbocycles. The SMILES string of the molecule is CCCC(C(=O)NCCN(C)C(C)C)C(N)=S. The van der Waals surface area contributed by atoms with Gasteiger partial charge in [-0.15, -0.1) is 0 Å².